The summed E-state index contributed by atoms with van der Waals surface area (Å²) in [6.45, 7) is -0.547. The van der Waals surface area contributed by atoms with Crippen LogP contribution in [0.1, 0.15) is 5.56 Å². The Bertz CT molecular complexity index is 483. The molecule has 1 aromatic rings. The molecule has 1 aliphatic rings. The van der Waals surface area contributed by atoms with Gasteiger partial charge in [0.2, 0.25) is 0 Å². The van der Waals surface area contributed by atoms with Crippen molar-refractivity contribution in [1.82, 2.24) is 5.32 Å². The van der Waals surface area contributed by atoms with Crippen LogP contribution in [0.25, 0.3) is 0 Å². The normalized spacial score (nSPS) is 31.5. The van der Waals surface area contributed by atoms with Gasteiger partial charge in [0.25, 0.3) is 0 Å². The number of aliphatic hydroxyl groups excluding tert-OH is 4. The summed E-state index contributed by atoms with van der Waals surface area (Å²) in [5.41, 5.74) is 0.777. The molecule has 0 aromatic heterocycles. The maximum absolute atomic E-state index is 11.7. The first kappa shape index (κ1) is 16.7. The molecule has 0 saturated carbocycles. The van der Waals surface area contributed by atoms with Gasteiger partial charge in [0.15, 0.2) is 6.29 Å². The molecule has 5 atom stereocenters. The van der Waals surface area contributed by atoms with Crippen LogP contribution in [0.4, 0.5) is 4.79 Å². The van der Waals surface area contributed by atoms with Crippen LogP contribution in [-0.2, 0) is 16.1 Å². The predicted molar refractivity (Wildman–Crippen MR) is 73.5 cm³/mol. The second kappa shape index (κ2) is 7.52. The third-order valence-corrected chi connectivity index (χ3v) is 3.40. The molecule has 0 spiro atoms. The molecular weight excluding hydrogens is 294 g/mol. The number of nitrogens with one attached hydrogen (secondary N) is 1. The molecule has 1 unspecified atom stereocenters. The molecule has 122 valence electrons. The van der Waals surface area contributed by atoms with Crippen LogP contribution >= 0.6 is 0 Å². The van der Waals surface area contributed by atoms with Crippen LogP contribution in [0.3, 0.4) is 0 Å². The molecule has 1 heterocycles. The number of amides is 1. The van der Waals surface area contributed by atoms with Crippen molar-refractivity contribution in [1.29, 1.82) is 0 Å². The second-order valence-electron chi connectivity index (χ2n) is 4.96. The van der Waals surface area contributed by atoms with Gasteiger partial charge in [-0.25, -0.2) is 4.79 Å². The lowest BCUT2D eigenvalue weighted by atomic mass is 9.97. The standard InChI is InChI=1S/C14H19NO7/c16-6-9-11(17)12(18)10(13(19)22-9)15-14(20)21-7-8-4-2-1-3-5-8/h1-5,9-13,16-19H,6-7H2,(H,15,20)/t9?,10-,11-,12+,13-/m0/s1. The zero-order valence-electron chi connectivity index (χ0n) is 11.7. The number of hydrogen-bond donors (Lipinski definition) is 5. The van der Waals surface area contributed by atoms with Crippen molar-refractivity contribution < 1.29 is 34.7 Å². The van der Waals surface area contributed by atoms with Crippen LogP contribution in [-0.4, -0.2) is 63.8 Å². The molecule has 1 saturated heterocycles. The van der Waals surface area contributed by atoms with Gasteiger partial charge in [-0.05, 0) is 5.56 Å². The molecule has 1 aromatic carbocycles. The molecule has 8 nitrogen and oxygen atoms in total. The summed E-state index contributed by atoms with van der Waals surface area (Å²) < 4.78 is 9.88. The predicted octanol–water partition coefficient (Wildman–Crippen LogP) is -1.29. The Morgan fingerprint density at radius 3 is 2.50 bits per heavy atom. The average molecular weight is 313 g/mol. The Hall–Kier alpha value is -1.71. The minimum Gasteiger partial charge on any atom is -0.445 e. The van der Waals surface area contributed by atoms with Gasteiger partial charge in [-0.1, -0.05) is 30.3 Å². The Morgan fingerprint density at radius 1 is 1.18 bits per heavy atom. The van der Waals surface area contributed by atoms with Gasteiger partial charge >= 0.3 is 6.09 Å². The van der Waals surface area contributed by atoms with E-state index in [-0.39, 0.29) is 6.61 Å². The van der Waals surface area contributed by atoms with Gasteiger partial charge in [-0.3, -0.25) is 0 Å². The van der Waals surface area contributed by atoms with Gasteiger partial charge in [-0.2, -0.15) is 0 Å². The van der Waals surface area contributed by atoms with Crippen molar-refractivity contribution in [3.8, 4) is 0 Å². The summed E-state index contributed by atoms with van der Waals surface area (Å²) in [5, 5.41) is 40.5. The van der Waals surface area contributed by atoms with E-state index in [2.05, 4.69) is 5.32 Å². The average Bonchev–Trinajstić information content (AvgIpc) is 2.54. The van der Waals surface area contributed by atoms with Crippen molar-refractivity contribution in [3.63, 3.8) is 0 Å². The van der Waals surface area contributed by atoms with E-state index in [0.717, 1.165) is 5.56 Å². The number of carbonyl (C=O) groups excluding carboxylic acids is 1. The number of alkyl carbamates (subject to hydrolysis) is 1. The molecule has 1 amide bonds. The fraction of sp³-hybridized carbons (Fsp3) is 0.500. The van der Waals surface area contributed by atoms with E-state index in [1.54, 1.807) is 24.3 Å². The molecule has 1 fully saturated rings. The fourth-order valence-corrected chi connectivity index (χ4v) is 2.15. The Morgan fingerprint density at radius 2 is 1.86 bits per heavy atom. The topological polar surface area (TPSA) is 128 Å². The van der Waals surface area contributed by atoms with Gasteiger partial charge in [0.1, 0.15) is 31.0 Å². The molecular formula is C14H19NO7. The van der Waals surface area contributed by atoms with E-state index in [1.807, 2.05) is 6.07 Å². The van der Waals surface area contributed by atoms with Gasteiger partial charge in [0.05, 0.1) is 6.61 Å². The molecule has 2 rings (SSSR count). The van der Waals surface area contributed by atoms with E-state index in [9.17, 15) is 20.1 Å². The lowest BCUT2D eigenvalue weighted by Crippen LogP contribution is -2.64. The Kier molecular flexibility index (Phi) is 5.69. The fourth-order valence-electron chi connectivity index (χ4n) is 2.15. The van der Waals surface area contributed by atoms with Crippen LogP contribution in [0.15, 0.2) is 30.3 Å². The van der Waals surface area contributed by atoms with Crippen LogP contribution < -0.4 is 5.32 Å². The minimum absolute atomic E-state index is 0.0221. The number of ether oxygens (including phenoxy) is 2. The zero-order chi connectivity index (χ0) is 16.1. The van der Waals surface area contributed by atoms with Crippen molar-refractivity contribution in [3.05, 3.63) is 35.9 Å². The number of carbonyl (C=O) groups is 1. The van der Waals surface area contributed by atoms with Crippen LogP contribution in [0, 0.1) is 0 Å². The molecule has 5 N–H and O–H groups in total. The summed E-state index contributed by atoms with van der Waals surface area (Å²) in [4.78, 5) is 11.7. The number of rotatable bonds is 4. The smallest absolute Gasteiger partial charge is 0.407 e. The minimum atomic E-state index is -1.57. The summed E-state index contributed by atoms with van der Waals surface area (Å²) in [6, 6.07) is 7.71. The number of benzene rings is 1. The number of aliphatic hydroxyl groups is 4. The summed E-state index contributed by atoms with van der Waals surface area (Å²) in [7, 11) is 0. The van der Waals surface area contributed by atoms with Crippen molar-refractivity contribution >= 4 is 6.09 Å². The summed E-state index contributed by atoms with van der Waals surface area (Å²) >= 11 is 0. The molecule has 0 aliphatic carbocycles. The summed E-state index contributed by atoms with van der Waals surface area (Å²) in [5.74, 6) is 0. The van der Waals surface area contributed by atoms with E-state index < -0.39 is 43.3 Å². The highest BCUT2D eigenvalue weighted by atomic mass is 16.6. The van der Waals surface area contributed by atoms with Crippen LogP contribution in [0.5, 0.6) is 0 Å². The van der Waals surface area contributed by atoms with Crippen molar-refractivity contribution in [2.75, 3.05) is 6.61 Å². The second-order valence-corrected chi connectivity index (χ2v) is 4.96. The molecule has 0 bridgehead atoms. The lowest BCUT2D eigenvalue weighted by Gasteiger charge is -2.39. The van der Waals surface area contributed by atoms with E-state index in [0.29, 0.717) is 0 Å². The summed E-state index contributed by atoms with van der Waals surface area (Å²) in [6.07, 6.45) is -6.49. The largest absolute Gasteiger partial charge is 0.445 e. The van der Waals surface area contributed by atoms with E-state index in [4.69, 9.17) is 14.6 Å². The highest BCUT2D eigenvalue weighted by Crippen LogP contribution is 2.19. The maximum Gasteiger partial charge on any atom is 0.407 e. The van der Waals surface area contributed by atoms with E-state index in [1.165, 1.54) is 0 Å². The Balaban J connectivity index is 1.87. The lowest BCUT2D eigenvalue weighted by molar-refractivity contribution is -0.253. The third-order valence-electron chi connectivity index (χ3n) is 3.40. The quantitative estimate of drug-likeness (QED) is 0.468. The third kappa shape index (κ3) is 3.93. The highest BCUT2D eigenvalue weighted by molar-refractivity contribution is 5.67. The zero-order valence-corrected chi connectivity index (χ0v) is 11.7. The Labute approximate surface area is 126 Å². The molecule has 8 heteroatoms. The SMILES string of the molecule is O=C(N[C@H]1[C@@H](O)[C@@H](O)C(CO)O[C@@H]1O)OCc1ccccc1. The van der Waals surface area contributed by atoms with Crippen molar-refractivity contribution in [2.45, 2.75) is 37.3 Å². The van der Waals surface area contributed by atoms with Crippen molar-refractivity contribution in [2.24, 2.45) is 0 Å². The molecule has 22 heavy (non-hydrogen) atoms. The first-order valence-corrected chi connectivity index (χ1v) is 6.80. The maximum atomic E-state index is 11.7. The highest BCUT2D eigenvalue weighted by Gasteiger charge is 2.44. The molecule has 1 aliphatic heterocycles. The first-order valence-electron chi connectivity index (χ1n) is 6.80. The van der Waals surface area contributed by atoms with Crippen LogP contribution in [0.2, 0.25) is 0 Å². The van der Waals surface area contributed by atoms with Gasteiger partial charge < -0.3 is 35.2 Å². The molecule has 0 radical (unpaired) electrons. The van der Waals surface area contributed by atoms with Gasteiger partial charge in [0, 0.05) is 0 Å². The van der Waals surface area contributed by atoms with E-state index >= 15 is 0 Å². The van der Waals surface area contributed by atoms with Gasteiger partial charge in [-0.15, -0.1) is 0 Å². The first-order chi connectivity index (χ1) is 10.5. The number of hydrogen-bond acceptors (Lipinski definition) is 7. The monoisotopic (exact) mass is 313 g/mol.